The number of hydrogen-bond donors (Lipinski definition) is 2. The van der Waals surface area contributed by atoms with Crippen LogP contribution in [0, 0.1) is 6.92 Å². The van der Waals surface area contributed by atoms with E-state index in [4.69, 9.17) is 15.3 Å². The van der Waals surface area contributed by atoms with Crippen LogP contribution in [0.15, 0.2) is 6.33 Å². The molecule has 82 valence electrons. The first kappa shape index (κ1) is 10.1. The number of nitrogen functional groups attached to an aromatic ring is 1. The van der Waals surface area contributed by atoms with Crippen molar-refractivity contribution in [3.05, 3.63) is 11.9 Å². The molecule has 0 radical (unpaired) electrons. The lowest BCUT2D eigenvalue weighted by Gasteiger charge is -2.13. The van der Waals surface area contributed by atoms with Crippen molar-refractivity contribution in [2.75, 3.05) is 18.6 Å². The maximum Gasteiger partial charge on any atom is 0.221 e. The summed E-state index contributed by atoms with van der Waals surface area (Å²) in [5.74, 6) is 6.45. The minimum atomic E-state index is 0.0872. The highest BCUT2D eigenvalue weighted by Gasteiger charge is 2.19. The van der Waals surface area contributed by atoms with Crippen molar-refractivity contribution < 1.29 is 9.47 Å². The Morgan fingerprint density at radius 2 is 2.47 bits per heavy atom. The molecule has 0 aliphatic carbocycles. The van der Waals surface area contributed by atoms with E-state index >= 15 is 0 Å². The van der Waals surface area contributed by atoms with Gasteiger partial charge in [-0.1, -0.05) is 0 Å². The summed E-state index contributed by atoms with van der Waals surface area (Å²) in [6.45, 7) is 3.23. The maximum absolute atomic E-state index is 5.68. The van der Waals surface area contributed by atoms with Gasteiger partial charge in [0.2, 0.25) is 5.88 Å². The molecule has 1 fully saturated rings. The second-order valence-corrected chi connectivity index (χ2v) is 3.40. The molecule has 1 saturated heterocycles. The number of rotatable bonds is 3. The molecule has 1 unspecified atom stereocenters. The highest BCUT2D eigenvalue weighted by Crippen LogP contribution is 2.22. The summed E-state index contributed by atoms with van der Waals surface area (Å²) in [4.78, 5) is 8.04. The SMILES string of the molecule is Cc1c(NN)ncnc1OC1CCOC1. The third-order valence-electron chi connectivity index (χ3n) is 2.34. The van der Waals surface area contributed by atoms with Gasteiger partial charge in [-0.05, 0) is 6.92 Å². The fraction of sp³-hybridized carbons (Fsp3) is 0.556. The summed E-state index contributed by atoms with van der Waals surface area (Å²) in [5, 5.41) is 0. The summed E-state index contributed by atoms with van der Waals surface area (Å²) in [6.07, 6.45) is 2.41. The first-order valence-corrected chi connectivity index (χ1v) is 4.84. The van der Waals surface area contributed by atoms with Gasteiger partial charge in [0.15, 0.2) is 0 Å². The van der Waals surface area contributed by atoms with Gasteiger partial charge in [0, 0.05) is 6.42 Å². The molecule has 0 amide bonds. The van der Waals surface area contributed by atoms with Crippen molar-refractivity contribution >= 4 is 5.82 Å². The molecule has 6 heteroatoms. The number of ether oxygens (including phenoxy) is 2. The summed E-state index contributed by atoms with van der Waals surface area (Å²) >= 11 is 0. The first-order valence-electron chi connectivity index (χ1n) is 4.84. The van der Waals surface area contributed by atoms with Crippen LogP contribution in [0.5, 0.6) is 5.88 Å². The molecule has 0 saturated carbocycles. The molecular weight excluding hydrogens is 196 g/mol. The monoisotopic (exact) mass is 210 g/mol. The summed E-state index contributed by atoms with van der Waals surface area (Å²) in [5.41, 5.74) is 3.31. The van der Waals surface area contributed by atoms with Crippen molar-refractivity contribution in [1.82, 2.24) is 9.97 Å². The van der Waals surface area contributed by atoms with Crippen LogP contribution in [0.1, 0.15) is 12.0 Å². The van der Waals surface area contributed by atoms with Crippen LogP contribution >= 0.6 is 0 Å². The van der Waals surface area contributed by atoms with Gasteiger partial charge >= 0.3 is 0 Å². The predicted octanol–water partition coefficient (Wildman–Crippen LogP) is 0.238. The van der Waals surface area contributed by atoms with Crippen molar-refractivity contribution in [2.45, 2.75) is 19.4 Å². The molecule has 2 heterocycles. The van der Waals surface area contributed by atoms with Crippen molar-refractivity contribution in [1.29, 1.82) is 0 Å². The summed E-state index contributed by atoms with van der Waals surface area (Å²) in [7, 11) is 0. The molecule has 15 heavy (non-hydrogen) atoms. The van der Waals surface area contributed by atoms with Gasteiger partial charge in [-0.15, -0.1) is 0 Å². The molecule has 0 aromatic carbocycles. The number of hydrazine groups is 1. The number of nitrogens with zero attached hydrogens (tertiary/aromatic N) is 2. The number of anilines is 1. The smallest absolute Gasteiger partial charge is 0.221 e. The van der Waals surface area contributed by atoms with E-state index in [1.165, 1.54) is 6.33 Å². The maximum atomic E-state index is 5.68. The van der Waals surface area contributed by atoms with E-state index in [0.717, 1.165) is 18.6 Å². The molecule has 1 aromatic rings. The minimum absolute atomic E-state index is 0.0872. The van der Waals surface area contributed by atoms with Gasteiger partial charge in [-0.3, -0.25) is 0 Å². The lowest BCUT2D eigenvalue weighted by atomic mass is 10.3. The Hall–Kier alpha value is -1.40. The summed E-state index contributed by atoms with van der Waals surface area (Å²) < 4.78 is 10.9. The van der Waals surface area contributed by atoms with Crippen LogP contribution < -0.4 is 16.0 Å². The highest BCUT2D eigenvalue weighted by atomic mass is 16.5. The molecule has 0 bridgehead atoms. The number of nitrogens with one attached hydrogen (secondary N) is 1. The van der Waals surface area contributed by atoms with Gasteiger partial charge in [0.25, 0.3) is 0 Å². The molecule has 1 atom stereocenters. The normalized spacial score (nSPS) is 20.3. The molecule has 0 spiro atoms. The molecular formula is C9H14N4O2. The van der Waals surface area contributed by atoms with Gasteiger partial charge < -0.3 is 14.9 Å². The molecule has 3 N–H and O–H groups in total. The minimum Gasteiger partial charge on any atom is -0.471 e. The fourth-order valence-electron chi connectivity index (χ4n) is 1.46. The van der Waals surface area contributed by atoms with Crippen molar-refractivity contribution in [2.24, 2.45) is 5.84 Å². The van der Waals surface area contributed by atoms with Crippen LogP contribution in [0.4, 0.5) is 5.82 Å². The lowest BCUT2D eigenvalue weighted by Crippen LogP contribution is -2.18. The largest absolute Gasteiger partial charge is 0.471 e. The molecule has 6 nitrogen and oxygen atoms in total. The Balaban J connectivity index is 2.13. The quantitative estimate of drug-likeness (QED) is 0.549. The second kappa shape index (κ2) is 4.41. The molecule has 1 aliphatic rings. The Labute approximate surface area is 87.8 Å². The molecule has 1 aliphatic heterocycles. The Bertz CT molecular complexity index is 339. The standard InChI is InChI=1S/C9H14N4O2/c1-6-8(13-10)11-5-12-9(6)15-7-2-3-14-4-7/h5,7H,2-4,10H2,1H3,(H,11,12,13). The van der Waals surface area contributed by atoms with Crippen molar-refractivity contribution in [3.8, 4) is 5.88 Å². The van der Waals surface area contributed by atoms with E-state index in [-0.39, 0.29) is 6.10 Å². The highest BCUT2D eigenvalue weighted by molar-refractivity contribution is 5.46. The molecule has 1 aromatic heterocycles. The van der Waals surface area contributed by atoms with E-state index in [2.05, 4.69) is 15.4 Å². The third kappa shape index (κ3) is 2.16. The zero-order chi connectivity index (χ0) is 10.7. The molecule has 2 rings (SSSR count). The second-order valence-electron chi connectivity index (χ2n) is 3.40. The van der Waals surface area contributed by atoms with E-state index in [1.54, 1.807) is 0 Å². The van der Waals surface area contributed by atoms with Gasteiger partial charge in [-0.2, -0.15) is 0 Å². The third-order valence-corrected chi connectivity index (χ3v) is 2.34. The number of hydrogen-bond acceptors (Lipinski definition) is 6. The van der Waals surface area contributed by atoms with Crippen LogP contribution in [0.2, 0.25) is 0 Å². The van der Waals surface area contributed by atoms with E-state index in [0.29, 0.717) is 18.3 Å². The van der Waals surface area contributed by atoms with E-state index in [1.807, 2.05) is 6.92 Å². The Morgan fingerprint density at radius 3 is 3.13 bits per heavy atom. The van der Waals surface area contributed by atoms with Crippen LogP contribution in [0.3, 0.4) is 0 Å². The van der Waals surface area contributed by atoms with Crippen LogP contribution in [0.25, 0.3) is 0 Å². The average Bonchev–Trinajstić information content (AvgIpc) is 2.74. The lowest BCUT2D eigenvalue weighted by molar-refractivity contribution is 0.137. The first-order chi connectivity index (χ1) is 7.31. The number of aromatic nitrogens is 2. The zero-order valence-electron chi connectivity index (χ0n) is 8.56. The Morgan fingerprint density at radius 1 is 1.60 bits per heavy atom. The van der Waals surface area contributed by atoms with Crippen LogP contribution in [-0.4, -0.2) is 29.3 Å². The fourth-order valence-corrected chi connectivity index (χ4v) is 1.46. The summed E-state index contributed by atoms with van der Waals surface area (Å²) in [6, 6.07) is 0. The van der Waals surface area contributed by atoms with Gasteiger partial charge in [0.05, 0.1) is 18.8 Å². The van der Waals surface area contributed by atoms with Gasteiger partial charge in [0.1, 0.15) is 18.2 Å². The van der Waals surface area contributed by atoms with Crippen molar-refractivity contribution in [3.63, 3.8) is 0 Å². The Kier molecular flexibility index (Phi) is 2.98. The van der Waals surface area contributed by atoms with Crippen LogP contribution in [-0.2, 0) is 4.74 Å². The van der Waals surface area contributed by atoms with E-state index < -0.39 is 0 Å². The number of nitrogens with two attached hydrogens (primary N) is 1. The topological polar surface area (TPSA) is 82.3 Å². The predicted molar refractivity (Wildman–Crippen MR) is 54.4 cm³/mol. The zero-order valence-corrected chi connectivity index (χ0v) is 8.56. The van der Waals surface area contributed by atoms with E-state index in [9.17, 15) is 0 Å². The average molecular weight is 210 g/mol. The van der Waals surface area contributed by atoms with Gasteiger partial charge in [-0.25, -0.2) is 15.8 Å².